The van der Waals surface area contributed by atoms with Gasteiger partial charge in [-0.05, 0) is 55.7 Å². The van der Waals surface area contributed by atoms with Gasteiger partial charge in [0.25, 0.3) is 0 Å². The van der Waals surface area contributed by atoms with Gasteiger partial charge < -0.3 is 10.2 Å². The molecule has 0 radical (unpaired) electrons. The maximum absolute atomic E-state index is 12.6. The second-order valence-corrected chi connectivity index (χ2v) is 6.55. The molecule has 1 aliphatic heterocycles. The molecule has 0 aliphatic carbocycles. The first kappa shape index (κ1) is 16.2. The van der Waals surface area contributed by atoms with Gasteiger partial charge in [0, 0.05) is 24.3 Å². The Kier molecular flexibility index (Phi) is 4.38. The first-order valence-electron chi connectivity index (χ1n) is 8.19. The summed E-state index contributed by atoms with van der Waals surface area (Å²) in [6.45, 7) is 6.38. The number of nitrogens with zero attached hydrogens (tertiary/aromatic N) is 1. The number of aryl methyl sites for hydroxylation is 3. The molecule has 0 saturated carbocycles. The van der Waals surface area contributed by atoms with Gasteiger partial charge in [-0.2, -0.15) is 0 Å². The predicted octanol–water partition coefficient (Wildman–Crippen LogP) is 3.60. The summed E-state index contributed by atoms with van der Waals surface area (Å²) in [7, 11) is 0. The zero-order valence-electron chi connectivity index (χ0n) is 14.3. The molecule has 1 aliphatic rings. The Balaban J connectivity index is 1.73. The highest BCUT2D eigenvalue weighted by Gasteiger charge is 2.35. The molecule has 2 aromatic rings. The Bertz CT molecular complexity index is 798. The fourth-order valence-corrected chi connectivity index (χ4v) is 3.03. The molecule has 24 heavy (non-hydrogen) atoms. The number of benzene rings is 2. The summed E-state index contributed by atoms with van der Waals surface area (Å²) in [5, 5.41) is 2.98. The number of carbonyl (C=O) groups excluding carboxylic acids is 2. The minimum absolute atomic E-state index is 0.00159. The van der Waals surface area contributed by atoms with Crippen molar-refractivity contribution >= 4 is 23.2 Å². The van der Waals surface area contributed by atoms with Crippen LogP contribution in [0.3, 0.4) is 0 Å². The highest BCUT2D eigenvalue weighted by atomic mass is 16.2. The molecule has 4 heteroatoms. The van der Waals surface area contributed by atoms with Crippen molar-refractivity contribution in [1.29, 1.82) is 0 Å². The number of anilines is 2. The number of rotatable bonds is 3. The van der Waals surface area contributed by atoms with Crippen LogP contribution in [0.5, 0.6) is 0 Å². The molecule has 3 rings (SSSR count). The van der Waals surface area contributed by atoms with E-state index in [2.05, 4.69) is 5.32 Å². The van der Waals surface area contributed by atoms with Crippen LogP contribution in [0.1, 0.15) is 23.1 Å². The van der Waals surface area contributed by atoms with Gasteiger partial charge in [-0.1, -0.05) is 24.3 Å². The van der Waals surface area contributed by atoms with Gasteiger partial charge in [0.1, 0.15) is 0 Å². The third-order valence-electron chi connectivity index (χ3n) is 4.46. The average molecular weight is 322 g/mol. The number of carbonyl (C=O) groups is 2. The van der Waals surface area contributed by atoms with Crippen LogP contribution in [0.25, 0.3) is 0 Å². The van der Waals surface area contributed by atoms with Crippen molar-refractivity contribution in [2.75, 3.05) is 16.8 Å². The standard InChI is InChI=1S/C20H22N2O2/c1-13-5-4-6-17(9-13)22-12-16(11-19(22)23)20(24)21-18-10-14(2)7-8-15(18)3/h4-10,16H,11-12H2,1-3H3,(H,21,24)/t16-/m1/s1. The molecule has 0 bridgehead atoms. The summed E-state index contributed by atoms with van der Waals surface area (Å²) >= 11 is 0. The van der Waals surface area contributed by atoms with Crippen LogP contribution in [0, 0.1) is 26.7 Å². The predicted molar refractivity (Wildman–Crippen MR) is 96.2 cm³/mol. The number of nitrogens with one attached hydrogen (secondary N) is 1. The lowest BCUT2D eigenvalue weighted by atomic mass is 10.1. The van der Waals surface area contributed by atoms with Crippen LogP contribution < -0.4 is 10.2 Å². The summed E-state index contributed by atoms with van der Waals surface area (Å²) < 4.78 is 0. The molecule has 2 amide bonds. The first-order chi connectivity index (χ1) is 11.4. The zero-order chi connectivity index (χ0) is 17.3. The molecular formula is C20H22N2O2. The van der Waals surface area contributed by atoms with Crippen LogP contribution in [0.4, 0.5) is 11.4 Å². The molecule has 0 unspecified atom stereocenters. The SMILES string of the molecule is Cc1cccc(N2C[C@H](C(=O)Nc3cc(C)ccc3C)CC2=O)c1. The summed E-state index contributed by atoms with van der Waals surface area (Å²) in [5.41, 5.74) is 4.90. The Morgan fingerprint density at radius 3 is 2.58 bits per heavy atom. The van der Waals surface area contributed by atoms with E-state index in [0.717, 1.165) is 28.1 Å². The molecule has 1 heterocycles. The number of amides is 2. The quantitative estimate of drug-likeness (QED) is 0.938. The zero-order valence-corrected chi connectivity index (χ0v) is 14.3. The molecule has 0 spiro atoms. The monoisotopic (exact) mass is 322 g/mol. The lowest BCUT2D eigenvalue weighted by Crippen LogP contribution is -2.28. The average Bonchev–Trinajstić information content (AvgIpc) is 2.93. The Morgan fingerprint density at radius 1 is 1.08 bits per heavy atom. The molecule has 2 aromatic carbocycles. The van der Waals surface area contributed by atoms with Crippen molar-refractivity contribution in [3.8, 4) is 0 Å². The van der Waals surface area contributed by atoms with E-state index in [1.54, 1.807) is 4.90 Å². The highest BCUT2D eigenvalue weighted by Crippen LogP contribution is 2.27. The van der Waals surface area contributed by atoms with Crippen LogP contribution in [0.15, 0.2) is 42.5 Å². The highest BCUT2D eigenvalue weighted by molar-refractivity contribution is 6.03. The fourth-order valence-electron chi connectivity index (χ4n) is 3.03. The van der Waals surface area contributed by atoms with Crippen LogP contribution >= 0.6 is 0 Å². The first-order valence-corrected chi connectivity index (χ1v) is 8.19. The van der Waals surface area contributed by atoms with E-state index in [0.29, 0.717) is 6.54 Å². The van der Waals surface area contributed by atoms with Gasteiger partial charge in [0.2, 0.25) is 11.8 Å². The van der Waals surface area contributed by atoms with Gasteiger partial charge in [-0.25, -0.2) is 0 Å². The lowest BCUT2D eigenvalue weighted by molar-refractivity contribution is -0.122. The molecular weight excluding hydrogens is 300 g/mol. The summed E-state index contributed by atoms with van der Waals surface area (Å²) in [4.78, 5) is 26.6. The van der Waals surface area contributed by atoms with E-state index in [1.807, 2.05) is 63.2 Å². The van der Waals surface area contributed by atoms with Gasteiger partial charge >= 0.3 is 0 Å². The minimum atomic E-state index is -0.321. The van der Waals surface area contributed by atoms with Gasteiger partial charge in [0.15, 0.2) is 0 Å². The second kappa shape index (κ2) is 6.48. The summed E-state index contributed by atoms with van der Waals surface area (Å²) in [6, 6.07) is 13.8. The Labute approximate surface area is 142 Å². The Hall–Kier alpha value is -2.62. The Morgan fingerprint density at radius 2 is 1.83 bits per heavy atom. The molecule has 0 aromatic heterocycles. The van der Waals surface area contributed by atoms with Crippen molar-refractivity contribution in [3.63, 3.8) is 0 Å². The van der Waals surface area contributed by atoms with Crippen LogP contribution in [-0.4, -0.2) is 18.4 Å². The van der Waals surface area contributed by atoms with E-state index in [9.17, 15) is 9.59 Å². The molecule has 1 N–H and O–H groups in total. The van der Waals surface area contributed by atoms with E-state index in [-0.39, 0.29) is 24.2 Å². The van der Waals surface area contributed by atoms with Crippen molar-refractivity contribution < 1.29 is 9.59 Å². The van der Waals surface area contributed by atoms with E-state index < -0.39 is 0 Å². The van der Waals surface area contributed by atoms with Crippen molar-refractivity contribution in [2.24, 2.45) is 5.92 Å². The molecule has 1 saturated heterocycles. The smallest absolute Gasteiger partial charge is 0.229 e. The van der Waals surface area contributed by atoms with Gasteiger partial charge in [0.05, 0.1) is 5.92 Å². The maximum Gasteiger partial charge on any atom is 0.229 e. The summed E-state index contributed by atoms with van der Waals surface area (Å²) in [5.74, 6) is -0.410. The van der Waals surface area contributed by atoms with Crippen LogP contribution in [0.2, 0.25) is 0 Å². The number of hydrogen-bond donors (Lipinski definition) is 1. The largest absolute Gasteiger partial charge is 0.326 e. The summed E-state index contributed by atoms with van der Waals surface area (Å²) in [6.07, 6.45) is 0.255. The van der Waals surface area contributed by atoms with Crippen molar-refractivity contribution in [2.45, 2.75) is 27.2 Å². The molecule has 1 atom stereocenters. The van der Waals surface area contributed by atoms with E-state index in [1.165, 1.54) is 0 Å². The molecule has 4 nitrogen and oxygen atoms in total. The van der Waals surface area contributed by atoms with E-state index in [4.69, 9.17) is 0 Å². The topological polar surface area (TPSA) is 49.4 Å². The fraction of sp³-hybridized carbons (Fsp3) is 0.300. The van der Waals surface area contributed by atoms with Gasteiger partial charge in [-0.15, -0.1) is 0 Å². The lowest BCUT2D eigenvalue weighted by Gasteiger charge is -2.17. The van der Waals surface area contributed by atoms with Crippen LogP contribution in [-0.2, 0) is 9.59 Å². The molecule has 124 valence electrons. The second-order valence-electron chi connectivity index (χ2n) is 6.55. The van der Waals surface area contributed by atoms with Gasteiger partial charge in [-0.3, -0.25) is 9.59 Å². The third-order valence-corrected chi connectivity index (χ3v) is 4.46. The minimum Gasteiger partial charge on any atom is -0.326 e. The van der Waals surface area contributed by atoms with Crippen molar-refractivity contribution in [3.05, 3.63) is 59.2 Å². The van der Waals surface area contributed by atoms with Crippen molar-refractivity contribution in [1.82, 2.24) is 0 Å². The normalized spacial score (nSPS) is 17.2. The number of hydrogen-bond acceptors (Lipinski definition) is 2. The third kappa shape index (κ3) is 3.32. The van der Waals surface area contributed by atoms with E-state index >= 15 is 0 Å². The maximum atomic E-state index is 12.6. The molecule has 1 fully saturated rings.